The number of unbranched alkanes of at least 4 members (excludes halogenated alkanes) is 2. The number of aliphatic hydroxyl groups is 1. The van der Waals surface area contributed by atoms with Gasteiger partial charge in [-0.25, -0.2) is 0 Å². The first kappa shape index (κ1) is 27.4. The van der Waals surface area contributed by atoms with E-state index in [4.69, 9.17) is 4.74 Å². The summed E-state index contributed by atoms with van der Waals surface area (Å²) in [6.07, 6.45) is 3.72. The standard InChI is InChI=1S/C33H37N3O5/c1-2-32-17-18-33(41-32)27(26(32)29(38)34-24-13-5-3-6-14-24)31(40)36(19-9-4-10-20-37)28(33)30(39)35-25-16-15-22-11-7-8-12-23(22)21-25/h3,5-8,11-16,21,26-28,37H,2,4,9-10,17-20H2,1H3,(H,34,38)(H,35,39)/t26-,27-,28?,32+,33?/m0/s1. The molecule has 3 fully saturated rings. The Bertz CT molecular complexity index is 1460. The van der Waals surface area contributed by atoms with Crippen molar-refractivity contribution in [3.05, 3.63) is 72.8 Å². The predicted octanol–water partition coefficient (Wildman–Crippen LogP) is 4.73. The summed E-state index contributed by atoms with van der Waals surface area (Å²) >= 11 is 0. The van der Waals surface area contributed by atoms with Gasteiger partial charge in [0, 0.05) is 24.5 Å². The molecule has 3 heterocycles. The van der Waals surface area contributed by atoms with E-state index in [9.17, 15) is 19.5 Å². The smallest absolute Gasteiger partial charge is 0.250 e. The van der Waals surface area contributed by atoms with Gasteiger partial charge in [0.1, 0.15) is 11.6 Å². The van der Waals surface area contributed by atoms with Crippen LogP contribution in [-0.4, -0.2) is 58.1 Å². The van der Waals surface area contributed by atoms with E-state index < -0.39 is 29.1 Å². The quantitative estimate of drug-likeness (QED) is 0.314. The van der Waals surface area contributed by atoms with Crippen molar-refractivity contribution in [2.45, 2.75) is 62.7 Å². The van der Waals surface area contributed by atoms with Crippen molar-refractivity contribution in [1.29, 1.82) is 0 Å². The van der Waals surface area contributed by atoms with E-state index in [1.165, 1.54) is 0 Å². The highest BCUT2D eigenvalue weighted by Crippen LogP contribution is 2.64. The van der Waals surface area contributed by atoms with Crippen LogP contribution in [0.5, 0.6) is 0 Å². The molecule has 0 aromatic heterocycles. The van der Waals surface area contributed by atoms with E-state index >= 15 is 0 Å². The van der Waals surface area contributed by atoms with E-state index in [1.807, 2.05) is 79.7 Å². The van der Waals surface area contributed by atoms with Crippen molar-refractivity contribution in [2.75, 3.05) is 23.8 Å². The van der Waals surface area contributed by atoms with Gasteiger partial charge in [-0.2, -0.15) is 0 Å². The monoisotopic (exact) mass is 555 g/mol. The number of rotatable bonds is 10. The first-order valence-corrected chi connectivity index (χ1v) is 14.7. The number of carbonyl (C=O) groups excluding carboxylic acids is 3. The molecule has 8 heteroatoms. The summed E-state index contributed by atoms with van der Waals surface area (Å²) in [6, 6.07) is 22.1. The van der Waals surface area contributed by atoms with Crippen LogP contribution in [0.3, 0.4) is 0 Å². The summed E-state index contributed by atoms with van der Waals surface area (Å²) in [7, 11) is 0. The highest BCUT2D eigenvalue weighted by molar-refractivity contribution is 6.05. The van der Waals surface area contributed by atoms with Crippen LogP contribution >= 0.6 is 0 Å². The number of benzene rings is 3. The molecular formula is C33H37N3O5. The van der Waals surface area contributed by atoms with Crippen molar-refractivity contribution in [2.24, 2.45) is 11.8 Å². The SMILES string of the molecule is CC[C@]12CCC3(O1)C(C(=O)Nc1ccc4ccccc4c1)N(CCCCCO)C(=O)[C@@H]3[C@H]2C(=O)Nc1ccccc1. The molecule has 0 radical (unpaired) electrons. The Labute approximate surface area is 240 Å². The fourth-order valence-electron chi connectivity index (χ4n) is 7.45. The number of fused-ring (bicyclic) bond motifs is 2. The second-order valence-corrected chi connectivity index (χ2v) is 11.6. The van der Waals surface area contributed by atoms with Crippen molar-refractivity contribution >= 4 is 39.9 Å². The summed E-state index contributed by atoms with van der Waals surface area (Å²) in [5, 5.41) is 17.4. The zero-order valence-electron chi connectivity index (χ0n) is 23.3. The predicted molar refractivity (Wildman–Crippen MR) is 157 cm³/mol. The Kier molecular flexibility index (Phi) is 7.30. The van der Waals surface area contributed by atoms with Gasteiger partial charge in [-0.15, -0.1) is 0 Å². The van der Waals surface area contributed by atoms with Gasteiger partial charge in [-0.05, 0) is 73.6 Å². The molecule has 1 spiro atoms. The van der Waals surface area contributed by atoms with Crippen LogP contribution in [0.15, 0.2) is 72.8 Å². The Balaban J connectivity index is 1.34. The summed E-state index contributed by atoms with van der Waals surface area (Å²) in [5.41, 5.74) is -0.567. The minimum atomic E-state index is -1.08. The number of para-hydroxylation sites is 1. The van der Waals surface area contributed by atoms with E-state index in [1.54, 1.807) is 4.90 Å². The van der Waals surface area contributed by atoms with E-state index in [2.05, 4.69) is 10.6 Å². The maximum Gasteiger partial charge on any atom is 0.250 e. The molecule has 0 aliphatic carbocycles. The topological polar surface area (TPSA) is 108 Å². The molecule has 0 saturated carbocycles. The number of nitrogens with one attached hydrogen (secondary N) is 2. The van der Waals surface area contributed by atoms with Crippen LogP contribution in [0.2, 0.25) is 0 Å². The Morgan fingerprint density at radius 3 is 2.39 bits per heavy atom. The average molecular weight is 556 g/mol. The van der Waals surface area contributed by atoms with Crippen LogP contribution in [0, 0.1) is 11.8 Å². The third-order valence-electron chi connectivity index (χ3n) is 9.33. The van der Waals surface area contributed by atoms with Gasteiger partial charge in [0.05, 0.1) is 17.4 Å². The summed E-state index contributed by atoms with van der Waals surface area (Å²) in [4.78, 5) is 43.9. The lowest BCUT2D eigenvalue weighted by atomic mass is 9.65. The molecule has 41 heavy (non-hydrogen) atoms. The molecule has 2 unspecified atom stereocenters. The lowest BCUT2D eigenvalue weighted by Gasteiger charge is -2.34. The first-order valence-electron chi connectivity index (χ1n) is 14.7. The van der Waals surface area contributed by atoms with Crippen LogP contribution in [0.4, 0.5) is 11.4 Å². The second kappa shape index (κ2) is 10.9. The molecule has 5 atom stereocenters. The van der Waals surface area contributed by atoms with E-state index in [-0.39, 0.29) is 24.3 Å². The highest BCUT2D eigenvalue weighted by atomic mass is 16.5. The molecule has 3 aromatic carbocycles. The largest absolute Gasteiger partial charge is 0.396 e. The minimum absolute atomic E-state index is 0.0796. The van der Waals surface area contributed by atoms with Crippen molar-refractivity contribution in [3.8, 4) is 0 Å². The molecule has 8 nitrogen and oxygen atoms in total. The number of hydrogen-bond acceptors (Lipinski definition) is 5. The number of anilines is 2. The molecule has 6 rings (SSSR count). The van der Waals surface area contributed by atoms with Gasteiger partial charge in [-0.3, -0.25) is 14.4 Å². The molecule has 3 aliphatic heterocycles. The van der Waals surface area contributed by atoms with Gasteiger partial charge in [0.25, 0.3) is 0 Å². The third kappa shape index (κ3) is 4.59. The molecule has 214 valence electrons. The van der Waals surface area contributed by atoms with Crippen molar-refractivity contribution < 1.29 is 24.2 Å². The van der Waals surface area contributed by atoms with Gasteiger partial charge in [0.2, 0.25) is 17.7 Å². The van der Waals surface area contributed by atoms with Gasteiger partial charge >= 0.3 is 0 Å². The van der Waals surface area contributed by atoms with E-state index in [0.717, 1.165) is 17.2 Å². The second-order valence-electron chi connectivity index (χ2n) is 11.6. The van der Waals surface area contributed by atoms with Crippen molar-refractivity contribution in [3.63, 3.8) is 0 Å². The Morgan fingerprint density at radius 2 is 1.63 bits per heavy atom. The maximum absolute atomic E-state index is 14.2. The number of aliphatic hydroxyl groups excluding tert-OH is 1. The molecular weight excluding hydrogens is 518 g/mol. The Hall–Kier alpha value is -3.75. The zero-order valence-corrected chi connectivity index (χ0v) is 23.3. The van der Waals surface area contributed by atoms with Crippen LogP contribution in [0.25, 0.3) is 10.8 Å². The molecule has 3 saturated heterocycles. The van der Waals surface area contributed by atoms with Crippen molar-refractivity contribution in [1.82, 2.24) is 4.90 Å². The lowest BCUT2D eigenvalue weighted by molar-refractivity contribution is -0.144. The number of likely N-dealkylation sites (tertiary alicyclic amines) is 1. The Morgan fingerprint density at radius 1 is 0.902 bits per heavy atom. The highest BCUT2D eigenvalue weighted by Gasteiger charge is 2.78. The van der Waals surface area contributed by atoms with Crippen LogP contribution in [-0.2, 0) is 19.1 Å². The number of amides is 3. The van der Waals surface area contributed by atoms with Gasteiger partial charge in [0.15, 0.2) is 0 Å². The number of ether oxygens (including phenoxy) is 1. The minimum Gasteiger partial charge on any atom is -0.396 e. The summed E-state index contributed by atoms with van der Waals surface area (Å²) in [5.74, 6) is -2.18. The lowest BCUT2D eigenvalue weighted by Crippen LogP contribution is -2.53. The normalized spacial score (nSPS) is 28.2. The number of carbonyl (C=O) groups is 3. The number of hydrogen-bond donors (Lipinski definition) is 3. The van der Waals surface area contributed by atoms with Gasteiger partial charge < -0.3 is 25.4 Å². The fraction of sp³-hybridized carbons (Fsp3) is 0.424. The van der Waals surface area contributed by atoms with E-state index in [0.29, 0.717) is 50.0 Å². The first-order chi connectivity index (χ1) is 19.9. The molecule has 3 aromatic rings. The van der Waals surface area contributed by atoms with Gasteiger partial charge in [-0.1, -0.05) is 55.5 Å². The summed E-state index contributed by atoms with van der Waals surface area (Å²) in [6.45, 7) is 2.43. The molecule has 2 bridgehead atoms. The fourth-order valence-corrected chi connectivity index (χ4v) is 7.45. The molecule has 3 N–H and O–H groups in total. The molecule has 3 aliphatic rings. The van der Waals surface area contributed by atoms with Crippen LogP contribution < -0.4 is 10.6 Å². The third-order valence-corrected chi connectivity index (χ3v) is 9.33. The summed E-state index contributed by atoms with van der Waals surface area (Å²) < 4.78 is 6.84. The van der Waals surface area contributed by atoms with Crippen LogP contribution in [0.1, 0.15) is 45.4 Å². The zero-order chi connectivity index (χ0) is 28.6. The number of nitrogens with zero attached hydrogens (tertiary/aromatic N) is 1. The molecule has 3 amide bonds. The average Bonchev–Trinajstić information content (AvgIpc) is 3.59. The maximum atomic E-state index is 14.2.